The topological polar surface area (TPSA) is 17.1 Å². The van der Waals surface area contributed by atoms with Crippen molar-refractivity contribution in [3.05, 3.63) is 12.2 Å². The van der Waals surface area contributed by atoms with Crippen molar-refractivity contribution >= 4 is 16.8 Å². The van der Waals surface area contributed by atoms with E-state index in [4.69, 9.17) is 11.6 Å². The van der Waals surface area contributed by atoms with Crippen LogP contribution >= 0.6 is 11.6 Å². The zero-order valence-corrected chi connectivity index (χ0v) is 7.05. The first-order valence-corrected chi connectivity index (χ1v) is 4.50. The van der Waals surface area contributed by atoms with E-state index in [1.807, 2.05) is 0 Å². The summed E-state index contributed by atoms with van der Waals surface area (Å²) in [7, 11) is 0. The molecule has 1 fully saturated rings. The molecule has 0 radical (unpaired) electrons. The van der Waals surface area contributed by atoms with Crippen LogP contribution in [0, 0.1) is 17.8 Å². The van der Waals surface area contributed by atoms with Crippen molar-refractivity contribution in [1.29, 1.82) is 0 Å². The van der Waals surface area contributed by atoms with Gasteiger partial charge in [-0.1, -0.05) is 12.2 Å². The van der Waals surface area contributed by atoms with Gasteiger partial charge in [0, 0.05) is 6.42 Å². The van der Waals surface area contributed by atoms with Crippen LogP contribution in [0.4, 0.5) is 0 Å². The molecule has 0 aromatic rings. The van der Waals surface area contributed by atoms with Crippen LogP contribution in [0.5, 0.6) is 0 Å². The molecule has 60 valence electrons. The van der Waals surface area contributed by atoms with Gasteiger partial charge in [-0.25, -0.2) is 0 Å². The number of fused-ring (bicyclic) bond motifs is 2. The van der Waals surface area contributed by atoms with E-state index in [1.165, 1.54) is 12.8 Å². The van der Waals surface area contributed by atoms with Gasteiger partial charge in [0.25, 0.3) is 0 Å². The van der Waals surface area contributed by atoms with Gasteiger partial charge in [0.15, 0.2) is 0 Å². The number of carbonyl (C=O) groups excluding carboxylic acids is 1. The van der Waals surface area contributed by atoms with Crippen LogP contribution in [0.1, 0.15) is 19.3 Å². The normalized spacial score (nSPS) is 39.9. The Kier molecular flexibility index (Phi) is 1.76. The van der Waals surface area contributed by atoms with Crippen LogP contribution in [0.2, 0.25) is 0 Å². The van der Waals surface area contributed by atoms with Gasteiger partial charge in [-0.2, -0.15) is 0 Å². The molecule has 1 nitrogen and oxygen atoms in total. The molecule has 2 rings (SSSR count). The first kappa shape index (κ1) is 7.35. The summed E-state index contributed by atoms with van der Waals surface area (Å²) in [6.45, 7) is 0. The number of hydrogen-bond donors (Lipinski definition) is 0. The van der Waals surface area contributed by atoms with E-state index < -0.39 is 0 Å². The average Bonchev–Trinajstić information content (AvgIpc) is 2.45. The first-order chi connectivity index (χ1) is 5.25. The molecule has 0 aliphatic heterocycles. The molecule has 0 spiro atoms. The van der Waals surface area contributed by atoms with Crippen molar-refractivity contribution in [3.63, 3.8) is 0 Å². The van der Waals surface area contributed by atoms with Gasteiger partial charge in [-0.3, -0.25) is 4.79 Å². The summed E-state index contributed by atoms with van der Waals surface area (Å²) in [4.78, 5) is 10.6. The summed E-state index contributed by atoms with van der Waals surface area (Å²) >= 11 is 5.33. The van der Waals surface area contributed by atoms with E-state index in [0.717, 1.165) is 5.92 Å². The summed E-state index contributed by atoms with van der Waals surface area (Å²) in [5.41, 5.74) is 0. The Labute approximate surface area is 71.4 Å². The fourth-order valence-electron chi connectivity index (χ4n) is 2.34. The second-order valence-electron chi connectivity index (χ2n) is 3.60. The maximum atomic E-state index is 10.6. The van der Waals surface area contributed by atoms with Crippen LogP contribution in [0.15, 0.2) is 12.2 Å². The third-order valence-electron chi connectivity index (χ3n) is 2.84. The van der Waals surface area contributed by atoms with Gasteiger partial charge >= 0.3 is 0 Å². The SMILES string of the molecule is O=C(Cl)C[C@H]1C[C@H]2C=C[C@@H]1C2. The minimum atomic E-state index is -0.170. The minimum absolute atomic E-state index is 0.170. The third-order valence-corrected chi connectivity index (χ3v) is 2.99. The highest BCUT2D eigenvalue weighted by atomic mass is 35.5. The van der Waals surface area contributed by atoms with Crippen LogP contribution in [0.25, 0.3) is 0 Å². The molecular weight excluding hydrogens is 160 g/mol. The Morgan fingerprint density at radius 3 is 2.73 bits per heavy atom. The predicted octanol–water partition coefficient (Wildman–Crippen LogP) is 2.35. The van der Waals surface area contributed by atoms with Gasteiger partial charge in [0.1, 0.15) is 0 Å². The van der Waals surface area contributed by atoms with Gasteiger partial charge in [0.2, 0.25) is 5.24 Å². The monoisotopic (exact) mass is 170 g/mol. The number of rotatable bonds is 2. The second-order valence-corrected chi connectivity index (χ2v) is 4.02. The van der Waals surface area contributed by atoms with Crippen LogP contribution < -0.4 is 0 Å². The largest absolute Gasteiger partial charge is 0.281 e. The highest BCUT2D eigenvalue weighted by Crippen LogP contribution is 2.44. The molecule has 0 unspecified atom stereocenters. The molecule has 11 heavy (non-hydrogen) atoms. The minimum Gasteiger partial charge on any atom is -0.281 e. The van der Waals surface area contributed by atoms with Crippen molar-refractivity contribution < 1.29 is 4.79 Å². The molecule has 0 amide bonds. The van der Waals surface area contributed by atoms with E-state index in [-0.39, 0.29) is 5.24 Å². The maximum Gasteiger partial charge on any atom is 0.221 e. The van der Waals surface area contributed by atoms with Crippen molar-refractivity contribution in [2.24, 2.45) is 17.8 Å². The highest BCUT2D eigenvalue weighted by Gasteiger charge is 2.36. The lowest BCUT2D eigenvalue weighted by Crippen LogP contribution is -2.09. The molecular formula is C9H11ClO. The van der Waals surface area contributed by atoms with Gasteiger partial charge in [-0.05, 0) is 42.2 Å². The second kappa shape index (κ2) is 2.63. The lowest BCUT2D eigenvalue weighted by Gasteiger charge is -2.14. The summed E-state index contributed by atoms with van der Waals surface area (Å²) in [6.07, 6.45) is 7.54. The molecule has 0 aromatic carbocycles. The molecule has 3 atom stereocenters. The molecule has 2 aliphatic rings. The Bertz CT molecular complexity index is 210. The molecule has 2 heteroatoms. The van der Waals surface area contributed by atoms with Crippen LogP contribution in [0.3, 0.4) is 0 Å². The van der Waals surface area contributed by atoms with E-state index in [1.54, 1.807) is 0 Å². The van der Waals surface area contributed by atoms with Gasteiger partial charge in [0.05, 0.1) is 0 Å². The maximum absolute atomic E-state index is 10.6. The highest BCUT2D eigenvalue weighted by molar-refractivity contribution is 6.63. The quantitative estimate of drug-likeness (QED) is 0.459. The average molecular weight is 171 g/mol. The van der Waals surface area contributed by atoms with Crippen molar-refractivity contribution in [2.75, 3.05) is 0 Å². The van der Waals surface area contributed by atoms with Crippen LogP contribution in [-0.2, 0) is 4.79 Å². The zero-order chi connectivity index (χ0) is 7.84. The van der Waals surface area contributed by atoms with Crippen LogP contribution in [-0.4, -0.2) is 5.24 Å². The fraction of sp³-hybridized carbons (Fsp3) is 0.667. The van der Waals surface area contributed by atoms with E-state index in [0.29, 0.717) is 18.3 Å². The Morgan fingerprint density at radius 2 is 2.27 bits per heavy atom. The standard InChI is InChI=1S/C9H11ClO/c10-9(11)5-8-4-6-1-2-7(8)3-6/h1-2,6-8H,3-5H2/t6-,7+,8+/m0/s1. The molecule has 0 heterocycles. The van der Waals surface area contributed by atoms with Crippen molar-refractivity contribution in [2.45, 2.75) is 19.3 Å². The molecule has 2 aliphatic carbocycles. The van der Waals surface area contributed by atoms with Gasteiger partial charge in [-0.15, -0.1) is 0 Å². The predicted molar refractivity (Wildman–Crippen MR) is 44.3 cm³/mol. The van der Waals surface area contributed by atoms with Gasteiger partial charge < -0.3 is 0 Å². The van der Waals surface area contributed by atoms with Crippen molar-refractivity contribution in [1.82, 2.24) is 0 Å². The summed E-state index contributed by atoms with van der Waals surface area (Å²) in [6, 6.07) is 0. The third kappa shape index (κ3) is 1.34. The molecule has 1 saturated carbocycles. The Morgan fingerprint density at radius 1 is 1.45 bits per heavy atom. The Balaban J connectivity index is 1.98. The molecule has 0 N–H and O–H groups in total. The summed E-state index contributed by atoms with van der Waals surface area (Å²) in [5, 5.41) is -0.170. The number of hydrogen-bond acceptors (Lipinski definition) is 1. The van der Waals surface area contributed by atoms with E-state index in [9.17, 15) is 4.79 Å². The molecule has 2 bridgehead atoms. The summed E-state index contributed by atoms with van der Waals surface area (Å²) < 4.78 is 0. The number of halogens is 1. The van der Waals surface area contributed by atoms with E-state index in [2.05, 4.69) is 12.2 Å². The molecule has 0 aromatic heterocycles. The Hall–Kier alpha value is -0.300. The first-order valence-electron chi connectivity index (χ1n) is 4.12. The lowest BCUT2D eigenvalue weighted by molar-refractivity contribution is -0.112. The van der Waals surface area contributed by atoms with E-state index >= 15 is 0 Å². The number of carbonyl (C=O) groups is 1. The molecule has 0 saturated heterocycles. The fourth-order valence-corrected chi connectivity index (χ4v) is 2.53. The zero-order valence-electron chi connectivity index (χ0n) is 6.29. The lowest BCUT2D eigenvalue weighted by atomic mass is 9.91. The smallest absolute Gasteiger partial charge is 0.221 e. The number of allylic oxidation sites excluding steroid dienone is 2. The van der Waals surface area contributed by atoms with Crippen molar-refractivity contribution in [3.8, 4) is 0 Å². The summed E-state index contributed by atoms with van der Waals surface area (Å²) in [5.74, 6) is 1.96.